The van der Waals surface area contributed by atoms with Gasteiger partial charge >= 0.3 is 0 Å². The summed E-state index contributed by atoms with van der Waals surface area (Å²) in [6.07, 6.45) is 1.88. The van der Waals surface area contributed by atoms with Crippen LogP contribution in [-0.4, -0.2) is 24.6 Å². The van der Waals surface area contributed by atoms with Crippen LogP contribution in [0.15, 0.2) is 18.2 Å². The first-order chi connectivity index (χ1) is 8.22. The van der Waals surface area contributed by atoms with E-state index in [1.165, 1.54) is 18.2 Å². The molecule has 94 valence electrons. The minimum atomic E-state index is -0.191. The van der Waals surface area contributed by atoms with E-state index in [0.29, 0.717) is 29.0 Å². The van der Waals surface area contributed by atoms with Crippen molar-refractivity contribution in [2.75, 3.05) is 18.6 Å². The molecule has 1 saturated heterocycles. The summed E-state index contributed by atoms with van der Waals surface area (Å²) >= 11 is 8.04. The molecule has 0 aromatic heterocycles. The molecule has 0 saturated carbocycles. The molecule has 0 amide bonds. The lowest BCUT2D eigenvalue weighted by molar-refractivity contribution is 0.399. The Hall–Kier alpha value is -0.250. The second kappa shape index (κ2) is 6.07. The van der Waals surface area contributed by atoms with Crippen LogP contribution in [0.4, 0.5) is 4.39 Å². The molecule has 0 aliphatic carbocycles. The average Bonchev–Trinajstić information content (AvgIpc) is 2.82. The van der Waals surface area contributed by atoms with Crippen molar-refractivity contribution < 1.29 is 4.39 Å². The Morgan fingerprint density at radius 1 is 1.59 bits per heavy atom. The van der Waals surface area contributed by atoms with Crippen molar-refractivity contribution in [1.29, 1.82) is 0 Å². The van der Waals surface area contributed by atoms with Gasteiger partial charge in [0.25, 0.3) is 0 Å². The van der Waals surface area contributed by atoms with Gasteiger partial charge in [-0.2, -0.15) is 11.8 Å². The number of hydrogen-bond donors (Lipinski definition) is 1. The summed E-state index contributed by atoms with van der Waals surface area (Å²) in [4.78, 5) is 0. The maximum absolute atomic E-state index is 13.7. The maximum atomic E-state index is 13.7. The molecule has 1 N–H and O–H groups in total. The molecule has 0 spiro atoms. The maximum Gasteiger partial charge on any atom is 0.127 e. The highest BCUT2D eigenvalue weighted by Crippen LogP contribution is 2.29. The molecule has 2 rings (SSSR count). The van der Waals surface area contributed by atoms with Gasteiger partial charge < -0.3 is 5.32 Å². The fourth-order valence-electron chi connectivity index (χ4n) is 2.32. The molecular weight excluding hydrogens is 257 g/mol. The van der Waals surface area contributed by atoms with Gasteiger partial charge in [0, 0.05) is 16.6 Å². The van der Waals surface area contributed by atoms with Crippen molar-refractivity contribution in [2.45, 2.75) is 18.9 Å². The molecule has 17 heavy (non-hydrogen) atoms. The van der Waals surface area contributed by atoms with Crippen molar-refractivity contribution in [3.8, 4) is 0 Å². The van der Waals surface area contributed by atoms with Gasteiger partial charge in [-0.1, -0.05) is 17.7 Å². The van der Waals surface area contributed by atoms with E-state index in [-0.39, 0.29) is 5.82 Å². The molecule has 2 atom stereocenters. The van der Waals surface area contributed by atoms with E-state index in [2.05, 4.69) is 5.32 Å². The second-order valence-electron chi connectivity index (χ2n) is 4.42. The Kier molecular flexibility index (Phi) is 4.71. The summed E-state index contributed by atoms with van der Waals surface area (Å²) in [7, 11) is 1.95. The predicted octanol–water partition coefficient (Wildman–Crippen LogP) is 3.36. The van der Waals surface area contributed by atoms with Crippen molar-refractivity contribution in [3.63, 3.8) is 0 Å². The molecule has 0 bridgehead atoms. The summed E-state index contributed by atoms with van der Waals surface area (Å²) in [5, 5.41) is 3.85. The highest BCUT2D eigenvalue weighted by molar-refractivity contribution is 7.99. The molecule has 2 unspecified atom stereocenters. The van der Waals surface area contributed by atoms with E-state index >= 15 is 0 Å². The molecular formula is C13H17ClFNS. The second-order valence-corrected chi connectivity index (χ2v) is 5.98. The topological polar surface area (TPSA) is 12.0 Å². The van der Waals surface area contributed by atoms with Crippen LogP contribution in [0.5, 0.6) is 0 Å². The fraction of sp³-hybridized carbons (Fsp3) is 0.538. The molecule has 0 radical (unpaired) electrons. The molecule has 1 aromatic rings. The molecule has 1 nitrogen and oxygen atoms in total. The molecule has 1 aliphatic rings. The average molecular weight is 274 g/mol. The molecule has 4 heteroatoms. The van der Waals surface area contributed by atoms with Gasteiger partial charge in [-0.05, 0) is 49.4 Å². The summed E-state index contributed by atoms with van der Waals surface area (Å²) in [5.74, 6) is 2.81. The van der Waals surface area contributed by atoms with Crippen LogP contribution in [0, 0.1) is 11.7 Å². The third-order valence-electron chi connectivity index (χ3n) is 3.39. The predicted molar refractivity (Wildman–Crippen MR) is 73.4 cm³/mol. The van der Waals surface area contributed by atoms with Gasteiger partial charge in [0.1, 0.15) is 5.82 Å². The quantitative estimate of drug-likeness (QED) is 0.903. The Labute approximate surface area is 111 Å². The number of rotatable bonds is 4. The van der Waals surface area contributed by atoms with Gasteiger partial charge in [-0.15, -0.1) is 0 Å². The van der Waals surface area contributed by atoms with Gasteiger partial charge in [0.05, 0.1) is 0 Å². The van der Waals surface area contributed by atoms with Crippen LogP contribution in [0.2, 0.25) is 5.02 Å². The third kappa shape index (κ3) is 3.15. The first-order valence-corrected chi connectivity index (χ1v) is 7.43. The fourth-order valence-corrected chi connectivity index (χ4v) is 3.90. The standard InChI is InChI=1S/C13H17ClFNS/c1-16-13(9-5-6-17-8-9)7-10-11(14)3-2-4-12(10)15/h2-4,9,13,16H,5-8H2,1H3. The largest absolute Gasteiger partial charge is 0.316 e. The van der Waals surface area contributed by atoms with E-state index in [9.17, 15) is 4.39 Å². The van der Waals surface area contributed by atoms with E-state index in [4.69, 9.17) is 11.6 Å². The van der Waals surface area contributed by atoms with Crippen LogP contribution in [-0.2, 0) is 6.42 Å². The summed E-state index contributed by atoms with van der Waals surface area (Å²) in [6.45, 7) is 0. The summed E-state index contributed by atoms with van der Waals surface area (Å²) in [6, 6.07) is 5.22. The monoisotopic (exact) mass is 273 g/mol. The Balaban J connectivity index is 2.12. The molecule has 1 fully saturated rings. The number of likely N-dealkylation sites (N-methyl/N-ethyl adjacent to an activating group) is 1. The normalized spacial score (nSPS) is 21.7. The van der Waals surface area contributed by atoms with E-state index < -0.39 is 0 Å². The molecule has 1 aliphatic heterocycles. The van der Waals surface area contributed by atoms with Gasteiger partial charge in [-0.25, -0.2) is 4.39 Å². The van der Waals surface area contributed by atoms with E-state index in [1.54, 1.807) is 12.1 Å². The SMILES string of the molecule is CNC(Cc1c(F)cccc1Cl)C1CCSC1. The zero-order valence-corrected chi connectivity index (χ0v) is 11.5. The van der Waals surface area contributed by atoms with Gasteiger partial charge in [0.15, 0.2) is 0 Å². The van der Waals surface area contributed by atoms with Crippen LogP contribution in [0.25, 0.3) is 0 Å². The number of hydrogen-bond acceptors (Lipinski definition) is 2. The summed E-state index contributed by atoms with van der Waals surface area (Å²) in [5.41, 5.74) is 0.644. The van der Waals surface area contributed by atoms with E-state index in [0.717, 1.165) is 5.75 Å². The van der Waals surface area contributed by atoms with Crippen molar-refractivity contribution in [1.82, 2.24) is 5.32 Å². The molecule has 1 heterocycles. The number of thioether (sulfide) groups is 1. The lowest BCUT2D eigenvalue weighted by Crippen LogP contribution is -2.36. The minimum Gasteiger partial charge on any atom is -0.316 e. The van der Waals surface area contributed by atoms with Crippen LogP contribution in [0.1, 0.15) is 12.0 Å². The third-order valence-corrected chi connectivity index (χ3v) is 4.93. The first kappa shape index (κ1) is 13.2. The minimum absolute atomic E-state index is 0.191. The highest BCUT2D eigenvalue weighted by atomic mass is 35.5. The lowest BCUT2D eigenvalue weighted by atomic mass is 9.93. The van der Waals surface area contributed by atoms with E-state index in [1.807, 2.05) is 18.8 Å². The Morgan fingerprint density at radius 2 is 2.41 bits per heavy atom. The zero-order chi connectivity index (χ0) is 12.3. The number of nitrogens with one attached hydrogen (secondary N) is 1. The van der Waals surface area contributed by atoms with Crippen molar-refractivity contribution in [2.24, 2.45) is 5.92 Å². The highest BCUT2D eigenvalue weighted by Gasteiger charge is 2.25. The zero-order valence-electron chi connectivity index (χ0n) is 9.88. The number of benzene rings is 1. The van der Waals surface area contributed by atoms with Crippen molar-refractivity contribution in [3.05, 3.63) is 34.6 Å². The van der Waals surface area contributed by atoms with Gasteiger partial charge in [0.2, 0.25) is 0 Å². The number of halogens is 2. The van der Waals surface area contributed by atoms with Crippen molar-refractivity contribution >= 4 is 23.4 Å². The first-order valence-electron chi connectivity index (χ1n) is 5.90. The molecule has 1 aromatic carbocycles. The summed E-state index contributed by atoms with van der Waals surface area (Å²) < 4.78 is 13.7. The van der Waals surface area contributed by atoms with Crippen LogP contribution in [0.3, 0.4) is 0 Å². The lowest BCUT2D eigenvalue weighted by Gasteiger charge is -2.23. The van der Waals surface area contributed by atoms with Crippen LogP contribution < -0.4 is 5.32 Å². The van der Waals surface area contributed by atoms with Gasteiger partial charge in [-0.3, -0.25) is 0 Å². The Morgan fingerprint density at radius 3 is 3.00 bits per heavy atom. The Bertz CT molecular complexity index is 359. The smallest absolute Gasteiger partial charge is 0.127 e. The van der Waals surface area contributed by atoms with Crippen LogP contribution >= 0.6 is 23.4 Å².